The van der Waals surface area contributed by atoms with Crippen LogP contribution in [0.3, 0.4) is 0 Å². The molecular weight excluding hydrogens is 586 g/mol. The predicted molar refractivity (Wildman–Crippen MR) is 154 cm³/mol. The lowest BCUT2D eigenvalue weighted by atomic mass is 9.90. The lowest BCUT2D eigenvalue weighted by Gasteiger charge is -2.29. The summed E-state index contributed by atoms with van der Waals surface area (Å²) >= 11 is 6.29. The third-order valence-electron chi connectivity index (χ3n) is 6.76. The van der Waals surface area contributed by atoms with E-state index in [0.717, 1.165) is 17.2 Å². The zero-order valence-corrected chi connectivity index (χ0v) is 24.2. The zero-order valence-electron chi connectivity index (χ0n) is 22.7. The van der Waals surface area contributed by atoms with Crippen LogP contribution in [0.1, 0.15) is 40.2 Å². The van der Waals surface area contributed by atoms with E-state index in [-0.39, 0.29) is 36.3 Å². The Balaban J connectivity index is 0.00000484. The zero-order chi connectivity index (χ0) is 29.2. The van der Waals surface area contributed by atoms with Crippen molar-refractivity contribution >= 4 is 17.6 Å². The van der Waals surface area contributed by atoms with Crippen molar-refractivity contribution in [1.29, 1.82) is 0 Å². The summed E-state index contributed by atoms with van der Waals surface area (Å²) < 4.78 is 46.6. The number of hydrogen-bond donors (Lipinski definition) is 1. The van der Waals surface area contributed by atoms with Gasteiger partial charge in [-0.15, -0.1) is 0 Å². The topological polar surface area (TPSA) is 49.8 Å². The molecule has 0 fully saturated rings. The molecule has 222 valence electrons. The minimum atomic E-state index is -4.54. The number of alkyl halides is 3. The van der Waals surface area contributed by atoms with E-state index in [1.807, 2.05) is 36.4 Å². The van der Waals surface area contributed by atoms with E-state index in [4.69, 9.17) is 21.4 Å². The molecule has 0 heterocycles. The fraction of sp³-hybridized carbons (Fsp3) is 0.242. The average Bonchev–Trinajstić information content (AvgIpc) is 2.95. The first kappa shape index (κ1) is 33.0. The molecule has 0 unspecified atom stereocenters. The second-order valence-electron chi connectivity index (χ2n) is 9.81. The molecule has 0 radical (unpaired) electrons. The molecule has 4 rings (SSSR count). The molecule has 0 saturated carbocycles. The molecule has 9 heteroatoms. The SMILES string of the molecule is O=C(O)Cc1cccc(OCCCN(Cc2cccc(C(F)(F)F)c2Cl)CC(c2ccccc2)c2ccccc2)c1.[Cl-]. The van der Waals surface area contributed by atoms with Gasteiger partial charge in [0.25, 0.3) is 0 Å². The van der Waals surface area contributed by atoms with E-state index >= 15 is 0 Å². The van der Waals surface area contributed by atoms with Gasteiger partial charge in [-0.1, -0.05) is 96.5 Å². The maximum Gasteiger partial charge on any atom is 0.417 e. The highest BCUT2D eigenvalue weighted by atomic mass is 35.5. The van der Waals surface area contributed by atoms with Crippen LogP contribution in [0.4, 0.5) is 13.2 Å². The Labute approximate surface area is 255 Å². The molecule has 0 aliphatic rings. The fourth-order valence-corrected chi connectivity index (χ4v) is 5.12. The summed E-state index contributed by atoms with van der Waals surface area (Å²) in [7, 11) is 0. The van der Waals surface area contributed by atoms with Crippen LogP contribution < -0.4 is 17.1 Å². The first-order valence-electron chi connectivity index (χ1n) is 13.3. The molecule has 4 aromatic rings. The maximum absolute atomic E-state index is 13.6. The Hall–Kier alpha value is -3.52. The molecule has 4 nitrogen and oxygen atoms in total. The van der Waals surface area contributed by atoms with Gasteiger partial charge in [0.05, 0.1) is 23.6 Å². The number of carbonyl (C=O) groups is 1. The van der Waals surface area contributed by atoms with E-state index in [2.05, 4.69) is 29.2 Å². The molecule has 42 heavy (non-hydrogen) atoms. The molecule has 0 spiro atoms. The predicted octanol–water partition coefficient (Wildman–Crippen LogP) is 5.09. The summed E-state index contributed by atoms with van der Waals surface area (Å²) in [4.78, 5) is 13.1. The molecule has 0 bridgehead atoms. The highest BCUT2D eigenvalue weighted by Gasteiger charge is 2.34. The molecule has 4 aromatic carbocycles. The second-order valence-corrected chi connectivity index (χ2v) is 10.2. The summed E-state index contributed by atoms with van der Waals surface area (Å²) in [5, 5.41) is 8.77. The number of halogens is 5. The van der Waals surface area contributed by atoms with E-state index < -0.39 is 17.7 Å². The van der Waals surface area contributed by atoms with Crippen molar-refractivity contribution in [3.05, 3.63) is 136 Å². The summed E-state index contributed by atoms with van der Waals surface area (Å²) in [6.07, 6.45) is -4.04. The largest absolute Gasteiger partial charge is 1.00 e. The fourth-order valence-electron chi connectivity index (χ4n) is 4.83. The first-order chi connectivity index (χ1) is 19.7. The molecule has 0 saturated heterocycles. The van der Waals surface area contributed by atoms with Gasteiger partial charge in [0, 0.05) is 25.6 Å². The average molecular weight is 618 g/mol. The maximum atomic E-state index is 13.6. The molecule has 0 amide bonds. The number of benzene rings is 4. The Bertz CT molecular complexity index is 1380. The van der Waals surface area contributed by atoms with Gasteiger partial charge in [0.1, 0.15) is 5.75 Å². The van der Waals surface area contributed by atoms with Crippen LogP contribution in [0.2, 0.25) is 5.02 Å². The Morgan fingerprint density at radius 2 is 1.50 bits per heavy atom. The molecule has 0 atom stereocenters. The molecule has 0 aromatic heterocycles. The first-order valence-corrected chi connectivity index (χ1v) is 13.7. The number of rotatable bonds is 13. The van der Waals surface area contributed by atoms with Crippen LogP contribution in [-0.2, 0) is 23.9 Å². The lowest BCUT2D eigenvalue weighted by molar-refractivity contribution is -0.138. The number of ether oxygens (including phenoxy) is 1. The van der Waals surface area contributed by atoms with E-state index in [9.17, 15) is 18.0 Å². The third kappa shape index (κ3) is 9.51. The van der Waals surface area contributed by atoms with Crippen molar-refractivity contribution in [2.75, 3.05) is 19.7 Å². The van der Waals surface area contributed by atoms with Crippen molar-refractivity contribution in [3.63, 3.8) is 0 Å². The smallest absolute Gasteiger partial charge is 0.417 e. The van der Waals surface area contributed by atoms with Crippen LogP contribution in [0, 0.1) is 0 Å². The Morgan fingerprint density at radius 3 is 2.10 bits per heavy atom. The second kappa shape index (κ2) is 15.6. The number of aliphatic carboxylic acids is 1. The van der Waals surface area contributed by atoms with Gasteiger partial charge in [0.15, 0.2) is 0 Å². The monoisotopic (exact) mass is 616 g/mol. The van der Waals surface area contributed by atoms with Crippen molar-refractivity contribution in [3.8, 4) is 5.75 Å². The van der Waals surface area contributed by atoms with Gasteiger partial charge in [-0.2, -0.15) is 13.2 Å². The normalized spacial score (nSPS) is 11.4. The van der Waals surface area contributed by atoms with Crippen LogP contribution in [0.25, 0.3) is 0 Å². The highest BCUT2D eigenvalue weighted by Crippen LogP contribution is 2.37. The van der Waals surface area contributed by atoms with Gasteiger partial charge in [-0.05, 0) is 46.9 Å². The van der Waals surface area contributed by atoms with Gasteiger partial charge in [-0.25, -0.2) is 0 Å². The number of hydrogen-bond acceptors (Lipinski definition) is 3. The molecular formula is C33H31Cl2F3NO3-. The van der Waals surface area contributed by atoms with E-state index in [1.54, 1.807) is 30.3 Å². The van der Waals surface area contributed by atoms with Crippen molar-refractivity contribution in [1.82, 2.24) is 4.90 Å². The standard InChI is InChI=1S/C33H31ClF3NO3.ClH/c34-32-27(15-8-17-30(32)33(35,36)37)22-38(18-9-19-41-28-16-7-10-24(20-28)21-31(39)40)23-29(25-11-3-1-4-12-25)26-13-5-2-6-14-26;/h1-8,10-17,20,29H,9,18-19,21-23H2,(H,39,40);1H/p-1. The molecule has 0 aliphatic carbocycles. The van der Waals surface area contributed by atoms with Gasteiger partial charge in [0.2, 0.25) is 0 Å². The van der Waals surface area contributed by atoms with Crippen molar-refractivity contribution < 1.29 is 40.2 Å². The van der Waals surface area contributed by atoms with Crippen LogP contribution >= 0.6 is 11.6 Å². The number of carboxylic acid groups (broad SMARTS) is 1. The third-order valence-corrected chi connectivity index (χ3v) is 7.21. The number of nitrogens with zero attached hydrogens (tertiary/aromatic N) is 1. The van der Waals surface area contributed by atoms with Crippen LogP contribution in [0.15, 0.2) is 103 Å². The van der Waals surface area contributed by atoms with E-state index in [0.29, 0.717) is 43.0 Å². The Kier molecular flexibility index (Phi) is 12.3. The highest BCUT2D eigenvalue weighted by molar-refractivity contribution is 6.32. The summed E-state index contributed by atoms with van der Waals surface area (Å²) in [6.45, 7) is 1.67. The molecule has 1 N–H and O–H groups in total. The van der Waals surface area contributed by atoms with Gasteiger partial charge in [-0.3, -0.25) is 9.69 Å². The molecule has 0 aliphatic heterocycles. The van der Waals surface area contributed by atoms with Crippen molar-refractivity contribution in [2.24, 2.45) is 0 Å². The Morgan fingerprint density at radius 1 is 0.881 bits per heavy atom. The van der Waals surface area contributed by atoms with E-state index in [1.165, 1.54) is 6.07 Å². The summed E-state index contributed by atoms with van der Waals surface area (Å²) in [5.74, 6) is -0.365. The van der Waals surface area contributed by atoms with Crippen molar-refractivity contribution in [2.45, 2.75) is 31.5 Å². The minimum Gasteiger partial charge on any atom is -1.00 e. The minimum absolute atomic E-state index is 0. The van der Waals surface area contributed by atoms with Gasteiger partial charge < -0.3 is 22.3 Å². The lowest BCUT2D eigenvalue weighted by Crippen LogP contribution is -3.00. The number of carboxylic acids is 1. The van der Waals surface area contributed by atoms with Gasteiger partial charge >= 0.3 is 12.1 Å². The van der Waals surface area contributed by atoms with Crippen LogP contribution in [-0.4, -0.2) is 35.7 Å². The summed E-state index contributed by atoms with van der Waals surface area (Å²) in [6, 6.07) is 31.0. The quantitative estimate of drug-likeness (QED) is 0.213. The van der Waals surface area contributed by atoms with Crippen LogP contribution in [0.5, 0.6) is 5.75 Å². The summed E-state index contributed by atoms with van der Waals surface area (Å²) in [5.41, 5.74) is 2.41.